The number of carbonyl (C=O) groups is 3. The van der Waals surface area contributed by atoms with Crippen LogP contribution in [0.1, 0.15) is 42.5 Å². The molecule has 3 aliphatic rings. The van der Waals surface area contributed by atoms with Crippen molar-refractivity contribution in [2.75, 3.05) is 5.32 Å². The van der Waals surface area contributed by atoms with Crippen molar-refractivity contribution in [2.24, 2.45) is 23.7 Å². The molecule has 4 atom stereocenters. The predicted molar refractivity (Wildman–Crippen MR) is 100 cm³/mol. The minimum absolute atomic E-state index is 0.00689. The van der Waals surface area contributed by atoms with Crippen molar-refractivity contribution in [3.8, 4) is 0 Å². The van der Waals surface area contributed by atoms with Crippen LogP contribution in [-0.4, -0.2) is 28.9 Å². The summed E-state index contributed by atoms with van der Waals surface area (Å²) in [6, 6.07) is 7.03. The molecule has 2 fully saturated rings. The van der Waals surface area contributed by atoms with E-state index >= 15 is 0 Å². The number of amides is 2. The van der Waals surface area contributed by atoms with Gasteiger partial charge in [-0.1, -0.05) is 25.0 Å². The Labute approximate surface area is 158 Å². The number of nitrogens with one attached hydrogen (secondary N) is 2. The van der Waals surface area contributed by atoms with E-state index in [0.29, 0.717) is 11.3 Å². The second kappa shape index (κ2) is 7.18. The monoisotopic (exact) mass is 368 g/mol. The van der Waals surface area contributed by atoms with Gasteiger partial charge in [0.15, 0.2) is 0 Å². The molecular formula is C21H24N2O4. The number of hydrogen-bond acceptors (Lipinski definition) is 3. The van der Waals surface area contributed by atoms with Gasteiger partial charge >= 0.3 is 5.97 Å². The average Bonchev–Trinajstić information content (AvgIpc) is 3.39. The first-order valence-electron chi connectivity index (χ1n) is 9.66. The third-order valence-corrected chi connectivity index (χ3v) is 6.15. The summed E-state index contributed by atoms with van der Waals surface area (Å²) in [5.74, 6) is -2.52. The van der Waals surface area contributed by atoms with Crippen LogP contribution in [-0.2, 0) is 9.59 Å². The molecule has 0 saturated heterocycles. The van der Waals surface area contributed by atoms with E-state index in [1.807, 2.05) is 12.2 Å². The Morgan fingerprint density at radius 1 is 0.926 bits per heavy atom. The number of anilines is 1. The van der Waals surface area contributed by atoms with Gasteiger partial charge in [0, 0.05) is 17.3 Å². The van der Waals surface area contributed by atoms with E-state index in [1.165, 1.54) is 0 Å². The zero-order valence-corrected chi connectivity index (χ0v) is 15.1. The number of carboxylic acids is 1. The minimum atomic E-state index is -0.911. The Bertz CT molecular complexity index is 780. The number of carbonyl (C=O) groups excluding carboxylic acids is 2. The van der Waals surface area contributed by atoms with Crippen molar-refractivity contribution in [1.82, 2.24) is 5.32 Å². The highest BCUT2D eigenvalue weighted by Gasteiger charge is 2.51. The third kappa shape index (κ3) is 3.48. The number of hydrogen-bond donors (Lipinski definition) is 3. The van der Waals surface area contributed by atoms with Crippen LogP contribution < -0.4 is 10.6 Å². The van der Waals surface area contributed by atoms with Crippen LogP contribution in [0.5, 0.6) is 0 Å². The maximum atomic E-state index is 12.7. The van der Waals surface area contributed by atoms with Crippen LogP contribution in [0.2, 0.25) is 0 Å². The number of aliphatic carboxylic acids is 1. The minimum Gasteiger partial charge on any atom is -0.481 e. The van der Waals surface area contributed by atoms with Crippen LogP contribution in [0.15, 0.2) is 36.4 Å². The molecule has 4 rings (SSSR count). The first kappa shape index (κ1) is 17.8. The maximum Gasteiger partial charge on any atom is 0.307 e. The lowest BCUT2D eigenvalue weighted by molar-refractivity contribution is -0.146. The standard InChI is InChI=1S/C21H24N2O4/c24-19(22-15-3-1-2-4-15)12-7-9-16(10-8-12)23-20(25)17-13-5-6-14(11-13)18(17)21(26)27/h5-10,13-15,17-18H,1-4,11H2,(H,22,24)(H,23,25)(H,26,27)/t13-,14-,17-,18-/m0/s1. The van der Waals surface area contributed by atoms with Gasteiger partial charge in [0.25, 0.3) is 5.91 Å². The van der Waals surface area contributed by atoms with Crippen molar-refractivity contribution in [2.45, 2.75) is 38.1 Å². The molecule has 0 radical (unpaired) electrons. The van der Waals surface area contributed by atoms with E-state index in [9.17, 15) is 19.5 Å². The molecule has 0 spiro atoms. The molecule has 0 heterocycles. The Morgan fingerprint density at radius 3 is 2.19 bits per heavy atom. The molecule has 6 heteroatoms. The quantitative estimate of drug-likeness (QED) is 0.697. The first-order chi connectivity index (χ1) is 13.0. The van der Waals surface area contributed by atoms with Crippen LogP contribution in [0.3, 0.4) is 0 Å². The van der Waals surface area contributed by atoms with Crippen LogP contribution in [0.25, 0.3) is 0 Å². The van der Waals surface area contributed by atoms with Gasteiger partial charge in [-0.3, -0.25) is 14.4 Å². The summed E-state index contributed by atoms with van der Waals surface area (Å²) in [7, 11) is 0. The summed E-state index contributed by atoms with van der Waals surface area (Å²) >= 11 is 0. The SMILES string of the molecule is O=C(NC1CCCC1)c1ccc(NC(=O)[C@@H]2[C@@H](C(=O)O)[C@H]3C=C[C@H]2C3)cc1. The summed E-state index contributed by atoms with van der Waals surface area (Å²) < 4.78 is 0. The van der Waals surface area contributed by atoms with Gasteiger partial charge in [-0.25, -0.2) is 0 Å². The van der Waals surface area contributed by atoms with Crippen LogP contribution in [0, 0.1) is 23.7 Å². The van der Waals surface area contributed by atoms with Crippen molar-refractivity contribution < 1.29 is 19.5 Å². The Morgan fingerprint density at radius 2 is 1.56 bits per heavy atom. The van der Waals surface area contributed by atoms with Crippen LogP contribution in [0.4, 0.5) is 5.69 Å². The largest absolute Gasteiger partial charge is 0.481 e. The lowest BCUT2D eigenvalue weighted by atomic mass is 9.82. The molecule has 6 nitrogen and oxygen atoms in total. The van der Waals surface area contributed by atoms with Gasteiger partial charge in [-0.15, -0.1) is 0 Å². The smallest absolute Gasteiger partial charge is 0.307 e. The van der Waals surface area contributed by atoms with E-state index in [4.69, 9.17) is 0 Å². The maximum absolute atomic E-state index is 12.7. The molecule has 2 amide bonds. The predicted octanol–water partition coefficient (Wildman–Crippen LogP) is 2.82. The zero-order chi connectivity index (χ0) is 19.0. The van der Waals surface area contributed by atoms with Gasteiger partial charge in [-0.05, 0) is 55.4 Å². The number of allylic oxidation sites excluding steroid dienone is 2. The number of benzene rings is 1. The van der Waals surface area contributed by atoms with Crippen molar-refractivity contribution in [1.29, 1.82) is 0 Å². The fraction of sp³-hybridized carbons (Fsp3) is 0.476. The molecule has 1 aromatic rings. The highest BCUT2D eigenvalue weighted by Crippen LogP contribution is 2.48. The van der Waals surface area contributed by atoms with E-state index < -0.39 is 17.8 Å². The Hall–Kier alpha value is -2.63. The molecule has 3 aliphatic carbocycles. The molecule has 2 bridgehead atoms. The number of rotatable bonds is 5. The summed E-state index contributed by atoms with van der Waals surface area (Å²) in [5.41, 5.74) is 1.14. The molecule has 0 aromatic heterocycles. The van der Waals surface area contributed by atoms with E-state index in [2.05, 4.69) is 10.6 Å². The molecule has 0 aliphatic heterocycles. The molecule has 1 aromatic carbocycles. The Balaban J connectivity index is 1.39. The van der Waals surface area contributed by atoms with Gasteiger partial charge in [0.1, 0.15) is 0 Å². The van der Waals surface area contributed by atoms with E-state index in [1.54, 1.807) is 24.3 Å². The first-order valence-corrected chi connectivity index (χ1v) is 9.66. The summed E-state index contributed by atoms with van der Waals surface area (Å²) in [5, 5.41) is 15.3. The molecule has 27 heavy (non-hydrogen) atoms. The number of carboxylic acid groups (broad SMARTS) is 1. The zero-order valence-electron chi connectivity index (χ0n) is 15.1. The summed E-state index contributed by atoms with van der Waals surface area (Å²) in [6.45, 7) is 0. The van der Waals surface area contributed by atoms with Crippen molar-refractivity contribution in [3.05, 3.63) is 42.0 Å². The molecule has 2 saturated carbocycles. The van der Waals surface area contributed by atoms with E-state index in [-0.39, 0.29) is 29.7 Å². The van der Waals surface area contributed by atoms with Gasteiger partial charge < -0.3 is 15.7 Å². The van der Waals surface area contributed by atoms with Gasteiger partial charge in [0.05, 0.1) is 11.8 Å². The molecular weight excluding hydrogens is 344 g/mol. The van der Waals surface area contributed by atoms with Crippen molar-refractivity contribution in [3.63, 3.8) is 0 Å². The lowest BCUT2D eigenvalue weighted by Crippen LogP contribution is -2.36. The molecule has 142 valence electrons. The highest BCUT2D eigenvalue weighted by molar-refractivity contribution is 5.98. The second-order valence-corrected chi connectivity index (χ2v) is 7.86. The normalized spacial score (nSPS) is 29.0. The summed E-state index contributed by atoms with van der Waals surface area (Å²) in [4.78, 5) is 36.5. The fourth-order valence-corrected chi connectivity index (χ4v) is 4.79. The van der Waals surface area contributed by atoms with Crippen LogP contribution >= 0.6 is 0 Å². The second-order valence-electron chi connectivity index (χ2n) is 7.86. The average molecular weight is 368 g/mol. The van der Waals surface area contributed by atoms with Crippen molar-refractivity contribution >= 4 is 23.5 Å². The lowest BCUT2D eigenvalue weighted by Gasteiger charge is -2.23. The molecule has 0 unspecified atom stereocenters. The number of fused-ring (bicyclic) bond motifs is 2. The molecule has 3 N–H and O–H groups in total. The van der Waals surface area contributed by atoms with E-state index in [0.717, 1.165) is 32.1 Å². The fourth-order valence-electron chi connectivity index (χ4n) is 4.79. The van der Waals surface area contributed by atoms with Gasteiger partial charge in [-0.2, -0.15) is 0 Å². The third-order valence-electron chi connectivity index (χ3n) is 6.15. The van der Waals surface area contributed by atoms with Gasteiger partial charge in [0.2, 0.25) is 5.91 Å². The Kier molecular flexibility index (Phi) is 4.72. The highest BCUT2D eigenvalue weighted by atomic mass is 16.4. The topological polar surface area (TPSA) is 95.5 Å². The summed E-state index contributed by atoms with van der Waals surface area (Å²) in [6.07, 6.45) is 8.99.